The van der Waals surface area contributed by atoms with Crippen molar-refractivity contribution in [2.45, 2.75) is 19.3 Å². The Morgan fingerprint density at radius 3 is 2.00 bits per heavy atom. The Morgan fingerprint density at radius 1 is 1.21 bits per heavy atom. The predicted octanol–water partition coefficient (Wildman–Crippen LogP) is -0.0314. The van der Waals surface area contributed by atoms with Crippen LogP contribution in [-0.4, -0.2) is 55.5 Å². The molecule has 0 aromatic rings. The van der Waals surface area contributed by atoms with Crippen molar-refractivity contribution >= 4 is 10.1 Å². The molecule has 0 aromatic carbocycles. The Hall–Kier alpha value is -0.170. The van der Waals surface area contributed by atoms with E-state index in [0.29, 0.717) is 12.9 Å². The summed E-state index contributed by atoms with van der Waals surface area (Å²) in [6.45, 7) is 3.58. The molecule has 6 heteroatoms. The minimum Gasteiger partial charge on any atom is -0.395 e. The van der Waals surface area contributed by atoms with Crippen LogP contribution in [0.2, 0.25) is 0 Å². The lowest BCUT2D eigenvalue weighted by atomic mass is 10.1. The molecule has 2 N–H and O–H groups in total. The Labute approximate surface area is 85.5 Å². The summed E-state index contributed by atoms with van der Waals surface area (Å²) in [6.07, 6.45) is 4.73. The first-order chi connectivity index (χ1) is 6.43. The van der Waals surface area contributed by atoms with E-state index in [4.69, 9.17) is 9.66 Å². The van der Waals surface area contributed by atoms with Gasteiger partial charge >= 0.3 is 0 Å². The molecule has 14 heavy (non-hydrogen) atoms. The van der Waals surface area contributed by atoms with Crippen molar-refractivity contribution < 1.29 is 18.1 Å². The van der Waals surface area contributed by atoms with Crippen molar-refractivity contribution in [2.75, 3.05) is 32.5 Å². The number of β-amino-alcohol motifs (C(OH)–C–C–N with tert-alkyl or cyclic N) is 1. The second-order valence-corrected chi connectivity index (χ2v) is 4.82. The van der Waals surface area contributed by atoms with Crippen molar-refractivity contribution in [3.05, 3.63) is 0 Å². The highest BCUT2D eigenvalue weighted by Gasteiger charge is 2.07. The lowest BCUT2D eigenvalue weighted by Crippen LogP contribution is -2.31. The average molecular weight is 225 g/mol. The summed E-state index contributed by atoms with van der Waals surface area (Å²) in [6, 6.07) is 0. The average Bonchev–Trinajstić information content (AvgIpc) is 2.03. The number of rotatable bonds is 2. The topological polar surface area (TPSA) is 77.8 Å². The van der Waals surface area contributed by atoms with Gasteiger partial charge in [-0.2, -0.15) is 8.42 Å². The first-order valence-electron chi connectivity index (χ1n) is 4.69. The van der Waals surface area contributed by atoms with Gasteiger partial charge in [0.2, 0.25) is 0 Å². The highest BCUT2D eigenvalue weighted by atomic mass is 32.2. The van der Waals surface area contributed by atoms with Crippen molar-refractivity contribution in [3.8, 4) is 0 Å². The monoisotopic (exact) mass is 225 g/mol. The van der Waals surface area contributed by atoms with E-state index in [1.807, 2.05) is 0 Å². The summed E-state index contributed by atoms with van der Waals surface area (Å²) < 4.78 is 25.9. The summed E-state index contributed by atoms with van der Waals surface area (Å²) >= 11 is 0. The minimum atomic E-state index is -3.67. The molecule has 0 bridgehead atoms. The van der Waals surface area contributed by atoms with Crippen LogP contribution in [0, 0.1) is 0 Å². The van der Waals surface area contributed by atoms with Gasteiger partial charge in [-0.3, -0.25) is 4.55 Å². The fraction of sp³-hybridized carbons (Fsp3) is 1.00. The number of nitrogens with zero attached hydrogens (tertiary/aromatic N) is 1. The van der Waals surface area contributed by atoms with E-state index < -0.39 is 10.1 Å². The summed E-state index contributed by atoms with van der Waals surface area (Å²) in [5, 5.41) is 8.58. The first kappa shape index (κ1) is 13.8. The van der Waals surface area contributed by atoms with Gasteiger partial charge in [0.05, 0.1) is 12.9 Å². The van der Waals surface area contributed by atoms with Gasteiger partial charge in [-0.05, 0) is 25.9 Å². The number of aliphatic hydroxyl groups excluding tert-OH is 1. The highest BCUT2D eigenvalue weighted by molar-refractivity contribution is 7.85. The maximum Gasteiger partial charge on any atom is 0.261 e. The van der Waals surface area contributed by atoms with E-state index in [9.17, 15) is 8.42 Å². The number of hydrogen-bond acceptors (Lipinski definition) is 4. The molecule has 86 valence electrons. The molecular weight excluding hydrogens is 206 g/mol. The van der Waals surface area contributed by atoms with Crippen molar-refractivity contribution in [1.29, 1.82) is 0 Å². The fourth-order valence-corrected chi connectivity index (χ4v) is 1.32. The third kappa shape index (κ3) is 11.8. The molecule has 0 spiro atoms. The number of likely N-dealkylation sites (tertiary alicyclic amines) is 1. The van der Waals surface area contributed by atoms with E-state index in [1.165, 1.54) is 32.4 Å². The van der Waals surface area contributed by atoms with Crippen LogP contribution < -0.4 is 0 Å². The van der Waals surface area contributed by atoms with Crippen LogP contribution in [0.15, 0.2) is 0 Å². The lowest BCUT2D eigenvalue weighted by molar-refractivity contribution is 0.173. The van der Waals surface area contributed by atoms with Gasteiger partial charge in [0, 0.05) is 6.54 Å². The molecule has 0 aromatic heterocycles. The molecule has 0 amide bonds. The van der Waals surface area contributed by atoms with Gasteiger partial charge in [0.1, 0.15) is 0 Å². The van der Waals surface area contributed by atoms with Crippen molar-refractivity contribution in [1.82, 2.24) is 4.90 Å². The second kappa shape index (κ2) is 7.17. The zero-order valence-corrected chi connectivity index (χ0v) is 9.33. The molecule has 1 heterocycles. The van der Waals surface area contributed by atoms with Gasteiger partial charge < -0.3 is 10.0 Å². The van der Waals surface area contributed by atoms with E-state index in [0.717, 1.165) is 6.54 Å². The van der Waals surface area contributed by atoms with Crippen molar-refractivity contribution in [2.24, 2.45) is 0 Å². The lowest BCUT2D eigenvalue weighted by Gasteiger charge is -2.25. The number of aliphatic hydroxyl groups is 1. The van der Waals surface area contributed by atoms with Crippen LogP contribution in [0.5, 0.6) is 0 Å². The fourth-order valence-electron chi connectivity index (χ4n) is 1.32. The van der Waals surface area contributed by atoms with Gasteiger partial charge in [-0.1, -0.05) is 6.42 Å². The summed E-state index contributed by atoms with van der Waals surface area (Å²) in [4.78, 5) is 2.32. The molecule has 1 aliphatic rings. The van der Waals surface area contributed by atoms with Gasteiger partial charge in [0.15, 0.2) is 0 Å². The Bertz CT molecular complexity index is 211. The standard InChI is InChI=1S/C7H15NO.CH4O3S/c9-7-6-8-4-2-1-3-5-8;1-5(2,3)4/h9H,1-7H2;1H3,(H,2,3,4). The Morgan fingerprint density at radius 2 is 1.64 bits per heavy atom. The molecule has 5 nitrogen and oxygen atoms in total. The molecular formula is C8H19NO4S. The van der Waals surface area contributed by atoms with Gasteiger partial charge in [-0.15, -0.1) is 0 Å². The third-order valence-electron chi connectivity index (χ3n) is 1.86. The van der Waals surface area contributed by atoms with Gasteiger partial charge in [0.25, 0.3) is 10.1 Å². The minimum absolute atomic E-state index is 0.319. The Balaban J connectivity index is 0.000000292. The molecule has 1 rings (SSSR count). The molecule has 0 atom stereocenters. The van der Waals surface area contributed by atoms with E-state index in [-0.39, 0.29) is 0 Å². The van der Waals surface area contributed by atoms with E-state index in [2.05, 4.69) is 4.90 Å². The van der Waals surface area contributed by atoms with Crippen LogP contribution in [0.25, 0.3) is 0 Å². The maximum absolute atomic E-state index is 9.19. The highest BCUT2D eigenvalue weighted by Crippen LogP contribution is 2.06. The largest absolute Gasteiger partial charge is 0.395 e. The van der Waals surface area contributed by atoms with Crippen LogP contribution in [0.4, 0.5) is 0 Å². The van der Waals surface area contributed by atoms with Gasteiger partial charge in [-0.25, -0.2) is 0 Å². The summed E-state index contributed by atoms with van der Waals surface area (Å²) in [7, 11) is -3.67. The SMILES string of the molecule is CS(=O)(=O)O.OCCN1CCCCC1. The zero-order chi connectivity index (χ0) is 11.0. The molecule has 1 fully saturated rings. The van der Waals surface area contributed by atoms with Crippen molar-refractivity contribution in [3.63, 3.8) is 0 Å². The van der Waals surface area contributed by atoms with Crippen LogP contribution in [-0.2, 0) is 10.1 Å². The van der Waals surface area contributed by atoms with E-state index >= 15 is 0 Å². The van der Waals surface area contributed by atoms with Crippen LogP contribution in [0.1, 0.15) is 19.3 Å². The molecule has 1 saturated heterocycles. The first-order valence-corrected chi connectivity index (χ1v) is 6.54. The summed E-state index contributed by atoms with van der Waals surface area (Å²) in [5.74, 6) is 0. The second-order valence-electron chi connectivity index (χ2n) is 3.36. The molecule has 0 radical (unpaired) electrons. The Kier molecular flexibility index (Phi) is 7.08. The maximum atomic E-state index is 9.19. The molecule has 0 aliphatic carbocycles. The smallest absolute Gasteiger partial charge is 0.261 e. The molecule has 1 aliphatic heterocycles. The quantitative estimate of drug-likeness (QED) is 0.645. The van der Waals surface area contributed by atoms with E-state index in [1.54, 1.807) is 0 Å². The predicted molar refractivity (Wildman–Crippen MR) is 54.8 cm³/mol. The molecule has 0 saturated carbocycles. The third-order valence-corrected chi connectivity index (χ3v) is 1.86. The number of piperidine rings is 1. The van der Waals surface area contributed by atoms with Crippen LogP contribution in [0.3, 0.4) is 0 Å². The normalized spacial score (nSPS) is 18.5. The summed E-state index contributed by atoms with van der Waals surface area (Å²) in [5.41, 5.74) is 0. The number of hydrogen-bond donors (Lipinski definition) is 2. The molecule has 0 unspecified atom stereocenters. The zero-order valence-electron chi connectivity index (χ0n) is 8.52. The van der Waals surface area contributed by atoms with Crippen LogP contribution >= 0.6 is 0 Å².